The van der Waals surface area contributed by atoms with Crippen LogP contribution in [0.15, 0.2) is 46.9 Å². The van der Waals surface area contributed by atoms with Crippen molar-refractivity contribution >= 4 is 28.1 Å². The lowest BCUT2D eigenvalue weighted by atomic mass is 10.2. The molecule has 3 nitrogen and oxygen atoms in total. The van der Waals surface area contributed by atoms with Crippen LogP contribution in [0.4, 0.5) is 15.8 Å². The highest BCUT2D eigenvalue weighted by atomic mass is 19.1. The molecular weight excluding hydrogens is 269 g/mol. The molecular formula is C17H14FNO2. The van der Waals surface area contributed by atoms with Gasteiger partial charge in [-0.05, 0) is 48.9 Å². The van der Waals surface area contributed by atoms with E-state index in [0.29, 0.717) is 17.0 Å². The molecule has 1 N–H and O–H groups in total. The second-order valence-electron chi connectivity index (χ2n) is 5.06. The Morgan fingerprint density at radius 3 is 2.62 bits per heavy atom. The summed E-state index contributed by atoms with van der Waals surface area (Å²) in [5.74, 6) is -0.0549. The van der Waals surface area contributed by atoms with E-state index in [-0.39, 0.29) is 11.6 Å². The third-order valence-electron chi connectivity index (χ3n) is 3.20. The highest BCUT2D eigenvalue weighted by molar-refractivity contribution is 5.96. The van der Waals surface area contributed by atoms with E-state index in [4.69, 9.17) is 4.42 Å². The largest absolute Gasteiger partial charge is 0.453 e. The van der Waals surface area contributed by atoms with Crippen LogP contribution in [-0.4, -0.2) is 5.78 Å². The molecule has 2 aromatic carbocycles. The topological polar surface area (TPSA) is 42.2 Å². The van der Waals surface area contributed by atoms with Crippen LogP contribution < -0.4 is 5.32 Å². The molecule has 0 amide bonds. The molecule has 1 aromatic heterocycles. The number of hydrogen-bond donors (Lipinski definition) is 1. The summed E-state index contributed by atoms with van der Waals surface area (Å²) in [6, 6.07) is 12.0. The van der Waals surface area contributed by atoms with E-state index in [1.54, 1.807) is 12.1 Å². The molecule has 0 fully saturated rings. The van der Waals surface area contributed by atoms with Crippen LogP contribution in [-0.2, 0) is 0 Å². The summed E-state index contributed by atoms with van der Waals surface area (Å²) in [6.45, 7) is 3.30. The van der Waals surface area contributed by atoms with Crippen LogP contribution in [0.2, 0.25) is 0 Å². The number of aryl methyl sites for hydroxylation is 1. The SMILES string of the molecule is CC(=O)c1cc2ccc(Nc3cc(C)cc(F)c3)cc2o1. The molecule has 21 heavy (non-hydrogen) atoms. The van der Waals surface area contributed by atoms with Gasteiger partial charge in [-0.2, -0.15) is 0 Å². The van der Waals surface area contributed by atoms with E-state index in [1.807, 2.05) is 25.1 Å². The van der Waals surface area contributed by atoms with Crippen molar-refractivity contribution in [3.05, 3.63) is 59.6 Å². The number of carbonyl (C=O) groups excluding carboxylic acids is 1. The monoisotopic (exact) mass is 283 g/mol. The molecule has 0 aliphatic carbocycles. The normalized spacial score (nSPS) is 10.8. The Morgan fingerprint density at radius 2 is 1.90 bits per heavy atom. The van der Waals surface area contributed by atoms with Gasteiger partial charge in [0.15, 0.2) is 11.5 Å². The molecule has 4 heteroatoms. The van der Waals surface area contributed by atoms with E-state index in [0.717, 1.165) is 16.6 Å². The van der Waals surface area contributed by atoms with Crippen LogP contribution in [0.25, 0.3) is 11.0 Å². The highest BCUT2D eigenvalue weighted by Gasteiger charge is 2.08. The van der Waals surface area contributed by atoms with Crippen LogP contribution in [0.5, 0.6) is 0 Å². The molecule has 3 aromatic rings. The third-order valence-corrected chi connectivity index (χ3v) is 3.20. The molecule has 0 aliphatic rings. The smallest absolute Gasteiger partial charge is 0.194 e. The van der Waals surface area contributed by atoms with E-state index in [1.165, 1.54) is 19.1 Å². The molecule has 3 rings (SSSR count). The fraction of sp³-hybridized carbons (Fsp3) is 0.118. The minimum atomic E-state index is -0.282. The Hall–Kier alpha value is -2.62. The summed E-state index contributed by atoms with van der Waals surface area (Å²) in [4.78, 5) is 11.3. The predicted octanol–water partition coefficient (Wildman–Crippen LogP) is 4.83. The Kier molecular flexibility index (Phi) is 3.22. The van der Waals surface area contributed by atoms with Crippen LogP contribution in [0, 0.1) is 12.7 Å². The van der Waals surface area contributed by atoms with Gasteiger partial charge in [0.05, 0.1) is 0 Å². The summed E-state index contributed by atoms with van der Waals surface area (Å²) >= 11 is 0. The summed E-state index contributed by atoms with van der Waals surface area (Å²) in [7, 11) is 0. The Balaban J connectivity index is 1.95. The van der Waals surface area contributed by atoms with Crippen molar-refractivity contribution in [2.75, 3.05) is 5.32 Å². The van der Waals surface area contributed by atoms with Gasteiger partial charge in [0.25, 0.3) is 0 Å². The molecule has 0 spiro atoms. The second kappa shape index (κ2) is 5.05. The summed E-state index contributed by atoms with van der Waals surface area (Å²) in [5.41, 5.74) is 2.91. The standard InChI is InChI=1S/C17H14FNO2/c1-10-5-13(18)8-15(6-10)19-14-4-3-12-7-16(11(2)20)21-17(12)9-14/h3-9,19H,1-2H3. The second-order valence-corrected chi connectivity index (χ2v) is 5.06. The van der Waals surface area contributed by atoms with Crippen molar-refractivity contribution < 1.29 is 13.6 Å². The lowest BCUT2D eigenvalue weighted by Crippen LogP contribution is -1.91. The Labute approximate surface area is 121 Å². The molecule has 0 bridgehead atoms. The van der Waals surface area contributed by atoms with E-state index in [2.05, 4.69) is 5.32 Å². The molecule has 0 unspecified atom stereocenters. The van der Waals surface area contributed by atoms with Crippen LogP contribution in [0.3, 0.4) is 0 Å². The first-order chi connectivity index (χ1) is 10.0. The van der Waals surface area contributed by atoms with Gasteiger partial charge in [-0.3, -0.25) is 4.79 Å². The Morgan fingerprint density at radius 1 is 1.10 bits per heavy atom. The number of furan rings is 1. The zero-order valence-electron chi connectivity index (χ0n) is 11.7. The molecule has 0 saturated heterocycles. The number of hydrogen-bond acceptors (Lipinski definition) is 3. The maximum atomic E-state index is 13.4. The predicted molar refractivity (Wildman–Crippen MR) is 80.6 cm³/mol. The average Bonchev–Trinajstić information content (AvgIpc) is 2.80. The van der Waals surface area contributed by atoms with Crippen LogP contribution >= 0.6 is 0 Å². The zero-order chi connectivity index (χ0) is 15.0. The molecule has 0 saturated carbocycles. The number of Topliss-reactive ketones (excluding diaryl/α,β-unsaturated/α-hetero) is 1. The molecule has 1 heterocycles. The minimum absolute atomic E-state index is 0.110. The molecule has 0 atom stereocenters. The summed E-state index contributed by atoms with van der Waals surface area (Å²) < 4.78 is 18.9. The van der Waals surface area contributed by atoms with Crippen molar-refractivity contribution in [2.45, 2.75) is 13.8 Å². The number of carbonyl (C=O) groups is 1. The van der Waals surface area contributed by atoms with Gasteiger partial charge in [-0.1, -0.05) is 0 Å². The summed E-state index contributed by atoms with van der Waals surface area (Å²) in [5, 5.41) is 3.99. The minimum Gasteiger partial charge on any atom is -0.453 e. The molecule has 0 radical (unpaired) electrons. The number of ketones is 1. The van der Waals surface area contributed by atoms with Gasteiger partial charge in [0, 0.05) is 29.8 Å². The number of nitrogens with one attached hydrogen (secondary N) is 1. The first kappa shape index (κ1) is 13.4. The molecule has 0 aliphatic heterocycles. The number of rotatable bonds is 3. The zero-order valence-corrected chi connectivity index (χ0v) is 11.7. The fourth-order valence-corrected chi connectivity index (χ4v) is 2.26. The van der Waals surface area contributed by atoms with Gasteiger partial charge in [-0.25, -0.2) is 4.39 Å². The highest BCUT2D eigenvalue weighted by Crippen LogP contribution is 2.26. The lowest BCUT2D eigenvalue weighted by molar-refractivity contribution is 0.0989. The Bertz CT molecular complexity index is 816. The quantitative estimate of drug-likeness (QED) is 0.700. The number of anilines is 2. The number of benzene rings is 2. The fourth-order valence-electron chi connectivity index (χ4n) is 2.26. The number of fused-ring (bicyclic) bond motifs is 1. The van der Waals surface area contributed by atoms with Gasteiger partial charge in [0.1, 0.15) is 11.4 Å². The van der Waals surface area contributed by atoms with Crippen molar-refractivity contribution in [3.63, 3.8) is 0 Å². The van der Waals surface area contributed by atoms with Gasteiger partial charge >= 0.3 is 0 Å². The maximum Gasteiger partial charge on any atom is 0.194 e. The lowest BCUT2D eigenvalue weighted by Gasteiger charge is -2.07. The summed E-state index contributed by atoms with van der Waals surface area (Å²) in [6.07, 6.45) is 0. The van der Waals surface area contributed by atoms with E-state index in [9.17, 15) is 9.18 Å². The van der Waals surface area contributed by atoms with E-state index >= 15 is 0 Å². The van der Waals surface area contributed by atoms with Crippen molar-refractivity contribution in [1.29, 1.82) is 0 Å². The van der Waals surface area contributed by atoms with Gasteiger partial charge in [-0.15, -0.1) is 0 Å². The van der Waals surface area contributed by atoms with Crippen molar-refractivity contribution in [1.82, 2.24) is 0 Å². The third kappa shape index (κ3) is 2.79. The van der Waals surface area contributed by atoms with E-state index < -0.39 is 0 Å². The van der Waals surface area contributed by atoms with Crippen molar-refractivity contribution in [2.24, 2.45) is 0 Å². The van der Waals surface area contributed by atoms with Crippen LogP contribution in [0.1, 0.15) is 23.0 Å². The maximum absolute atomic E-state index is 13.4. The van der Waals surface area contributed by atoms with Gasteiger partial charge in [0.2, 0.25) is 0 Å². The first-order valence-electron chi connectivity index (χ1n) is 6.60. The number of halogens is 1. The first-order valence-corrected chi connectivity index (χ1v) is 6.60. The molecule has 106 valence electrons. The van der Waals surface area contributed by atoms with Crippen molar-refractivity contribution in [3.8, 4) is 0 Å². The average molecular weight is 283 g/mol. The van der Waals surface area contributed by atoms with Gasteiger partial charge < -0.3 is 9.73 Å².